The molecule has 0 bridgehead atoms. The molecule has 2 N–H and O–H groups in total. The maximum absolute atomic E-state index is 12.2. The van der Waals surface area contributed by atoms with Crippen LogP contribution in [-0.2, 0) is 23.9 Å². The molecule has 1 aromatic rings. The maximum atomic E-state index is 12.2. The van der Waals surface area contributed by atoms with Crippen LogP contribution in [0, 0.1) is 5.92 Å². The molecule has 1 saturated heterocycles. The normalized spacial score (nSPS) is 16.1. The molecule has 0 spiro atoms. The van der Waals surface area contributed by atoms with Gasteiger partial charge in [-0.05, 0) is 18.2 Å². The molecule has 2 rings (SSSR count). The van der Waals surface area contributed by atoms with Crippen LogP contribution in [0.15, 0.2) is 28.7 Å². The number of imide groups is 1. The van der Waals surface area contributed by atoms with Crippen LogP contribution in [-0.4, -0.2) is 57.2 Å². The number of urea groups is 1. The van der Waals surface area contributed by atoms with Gasteiger partial charge in [0.1, 0.15) is 0 Å². The van der Waals surface area contributed by atoms with Crippen molar-refractivity contribution >= 4 is 45.4 Å². The van der Waals surface area contributed by atoms with Gasteiger partial charge in [0, 0.05) is 36.8 Å². The third-order valence-electron chi connectivity index (χ3n) is 3.77. The minimum atomic E-state index is -0.758. The first kappa shape index (κ1) is 20.8. The largest absolute Gasteiger partial charge is 0.455 e. The number of nitrogens with zero attached hydrogens (tertiary/aromatic N) is 1. The summed E-state index contributed by atoms with van der Waals surface area (Å²) >= 11 is 3.34. The van der Waals surface area contributed by atoms with Crippen molar-refractivity contribution in [3.05, 3.63) is 28.7 Å². The minimum absolute atomic E-state index is 0.00443. The molecule has 1 unspecified atom stereocenters. The van der Waals surface area contributed by atoms with E-state index in [0.717, 1.165) is 4.47 Å². The molecule has 1 aliphatic heterocycles. The van der Waals surface area contributed by atoms with Gasteiger partial charge in [-0.1, -0.05) is 22.0 Å². The van der Waals surface area contributed by atoms with E-state index in [1.165, 1.54) is 12.0 Å². The number of benzene rings is 1. The van der Waals surface area contributed by atoms with Gasteiger partial charge >= 0.3 is 12.0 Å². The van der Waals surface area contributed by atoms with Crippen molar-refractivity contribution in [2.45, 2.75) is 6.42 Å². The molecular formula is C17H20BrN3O6. The van der Waals surface area contributed by atoms with Gasteiger partial charge in [-0.25, -0.2) is 4.79 Å². The highest BCUT2D eigenvalue weighted by Gasteiger charge is 2.36. The average molecular weight is 442 g/mol. The Morgan fingerprint density at radius 3 is 2.81 bits per heavy atom. The third-order valence-corrected chi connectivity index (χ3v) is 4.26. The van der Waals surface area contributed by atoms with Gasteiger partial charge in [0.15, 0.2) is 6.61 Å². The lowest BCUT2D eigenvalue weighted by molar-refractivity contribution is -0.152. The summed E-state index contributed by atoms with van der Waals surface area (Å²) in [5.74, 6) is -2.28. The molecular weight excluding hydrogens is 422 g/mol. The Bertz CT molecular complexity index is 726. The molecule has 0 radical (unpaired) electrons. The number of nitrogens with one attached hydrogen (secondary N) is 2. The van der Waals surface area contributed by atoms with Crippen LogP contribution in [0.1, 0.15) is 6.42 Å². The Hall–Kier alpha value is -2.46. The van der Waals surface area contributed by atoms with Crippen molar-refractivity contribution in [1.82, 2.24) is 10.6 Å². The molecule has 1 aromatic carbocycles. The second-order valence-corrected chi connectivity index (χ2v) is 6.71. The van der Waals surface area contributed by atoms with E-state index < -0.39 is 30.4 Å². The summed E-state index contributed by atoms with van der Waals surface area (Å²) in [6.07, 6.45) is 0.00443. The number of anilines is 1. The van der Waals surface area contributed by atoms with E-state index in [1.807, 2.05) is 11.4 Å². The Labute approximate surface area is 164 Å². The smallest absolute Gasteiger partial charge is 0.321 e. The number of methoxy groups -OCH3 is 1. The van der Waals surface area contributed by atoms with E-state index in [4.69, 9.17) is 9.47 Å². The van der Waals surface area contributed by atoms with Gasteiger partial charge in [-0.3, -0.25) is 19.7 Å². The van der Waals surface area contributed by atoms with Crippen LogP contribution in [0.3, 0.4) is 0 Å². The number of ether oxygens (including phenoxy) is 2. The number of hydrogen-bond acceptors (Lipinski definition) is 6. The van der Waals surface area contributed by atoms with Crippen molar-refractivity contribution in [1.29, 1.82) is 0 Å². The first-order valence-corrected chi connectivity index (χ1v) is 8.99. The lowest BCUT2D eigenvalue weighted by atomic mass is 10.1. The Kier molecular flexibility index (Phi) is 7.74. The molecule has 1 atom stereocenters. The minimum Gasteiger partial charge on any atom is -0.455 e. The van der Waals surface area contributed by atoms with Crippen molar-refractivity contribution in [3.63, 3.8) is 0 Å². The highest BCUT2D eigenvalue weighted by molar-refractivity contribution is 9.10. The predicted molar refractivity (Wildman–Crippen MR) is 99.0 cm³/mol. The van der Waals surface area contributed by atoms with Crippen molar-refractivity contribution in [2.75, 3.05) is 38.3 Å². The zero-order chi connectivity index (χ0) is 19.8. The van der Waals surface area contributed by atoms with Crippen LogP contribution < -0.4 is 15.5 Å². The summed E-state index contributed by atoms with van der Waals surface area (Å²) in [5.41, 5.74) is 0.676. The second kappa shape index (κ2) is 10.0. The van der Waals surface area contributed by atoms with E-state index in [2.05, 4.69) is 21.2 Å². The second-order valence-electron chi connectivity index (χ2n) is 5.79. The Balaban J connectivity index is 1.79. The SMILES string of the molecule is COCCNC(=O)NC(=O)COC(=O)C1CC(=O)N(c2cccc(Br)c2)C1. The van der Waals surface area contributed by atoms with Crippen molar-refractivity contribution < 1.29 is 28.7 Å². The predicted octanol–water partition coefficient (Wildman–Crippen LogP) is 0.817. The van der Waals surface area contributed by atoms with Crippen LogP contribution >= 0.6 is 15.9 Å². The molecule has 27 heavy (non-hydrogen) atoms. The first-order valence-electron chi connectivity index (χ1n) is 8.20. The fourth-order valence-electron chi connectivity index (χ4n) is 2.49. The number of halogens is 1. The standard InChI is InChI=1S/C17H20BrN3O6/c1-26-6-5-19-17(25)20-14(22)10-27-16(24)11-7-15(23)21(9-11)13-4-2-3-12(18)8-13/h2-4,8,11H,5-7,9-10H2,1H3,(H2,19,20,22,25). The van der Waals surface area contributed by atoms with Crippen LogP contribution in [0.25, 0.3) is 0 Å². The zero-order valence-electron chi connectivity index (χ0n) is 14.7. The van der Waals surface area contributed by atoms with Crippen LogP contribution in [0.2, 0.25) is 0 Å². The first-order chi connectivity index (χ1) is 12.9. The molecule has 0 aromatic heterocycles. The number of hydrogen-bond donors (Lipinski definition) is 2. The van der Waals surface area contributed by atoms with E-state index in [-0.39, 0.29) is 25.4 Å². The van der Waals surface area contributed by atoms with Crippen LogP contribution in [0.4, 0.5) is 10.5 Å². The van der Waals surface area contributed by atoms with Gasteiger partial charge < -0.3 is 19.7 Å². The lowest BCUT2D eigenvalue weighted by Crippen LogP contribution is -2.42. The van der Waals surface area contributed by atoms with Gasteiger partial charge in [0.05, 0.1) is 12.5 Å². The van der Waals surface area contributed by atoms with Gasteiger partial charge in [0.2, 0.25) is 5.91 Å². The van der Waals surface area contributed by atoms with Crippen molar-refractivity contribution in [3.8, 4) is 0 Å². The molecule has 146 valence electrons. The number of carbonyl (C=O) groups excluding carboxylic acids is 4. The Morgan fingerprint density at radius 1 is 1.33 bits per heavy atom. The molecule has 0 saturated carbocycles. The summed E-state index contributed by atoms with van der Waals surface area (Å²) in [7, 11) is 1.48. The fraction of sp³-hybridized carbons (Fsp3) is 0.412. The number of esters is 1. The summed E-state index contributed by atoms with van der Waals surface area (Å²) in [6, 6.07) is 6.47. The zero-order valence-corrected chi connectivity index (χ0v) is 16.3. The molecule has 0 aliphatic carbocycles. The molecule has 1 heterocycles. The summed E-state index contributed by atoms with van der Waals surface area (Å²) in [4.78, 5) is 48.8. The monoisotopic (exact) mass is 441 g/mol. The summed E-state index contributed by atoms with van der Waals surface area (Å²) in [6.45, 7) is 0.122. The molecule has 1 fully saturated rings. The number of amides is 4. The van der Waals surface area contributed by atoms with Gasteiger partial charge in [-0.15, -0.1) is 0 Å². The highest BCUT2D eigenvalue weighted by Crippen LogP contribution is 2.27. The highest BCUT2D eigenvalue weighted by atomic mass is 79.9. The summed E-state index contributed by atoms with van der Waals surface area (Å²) in [5, 5.41) is 4.43. The fourth-order valence-corrected chi connectivity index (χ4v) is 2.87. The topological polar surface area (TPSA) is 114 Å². The lowest BCUT2D eigenvalue weighted by Gasteiger charge is -2.16. The van der Waals surface area contributed by atoms with E-state index in [1.54, 1.807) is 18.2 Å². The molecule has 1 aliphatic rings. The maximum Gasteiger partial charge on any atom is 0.321 e. The Morgan fingerprint density at radius 2 is 2.11 bits per heavy atom. The molecule has 10 heteroatoms. The number of rotatable bonds is 7. The van der Waals surface area contributed by atoms with Crippen LogP contribution in [0.5, 0.6) is 0 Å². The average Bonchev–Trinajstić information content (AvgIpc) is 3.02. The third kappa shape index (κ3) is 6.33. The van der Waals surface area contributed by atoms with Crippen molar-refractivity contribution in [2.24, 2.45) is 5.92 Å². The van der Waals surface area contributed by atoms with Gasteiger partial charge in [0.25, 0.3) is 5.91 Å². The molecule has 4 amide bonds. The summed E-state index contributed by atoms with van der Waals surface area (Å²) < 4.78 is 10.5. The van der Waals surface area contributed by atoms with Gasteiger partial charge in [-0.2, -0.15) is 0 Å². The molecule has 9 nitrogen and oxygen atoms in total. The van der Waals surface area contributed by atoms with E-state index >= 15 is 0 Å². The number of carbonyl (C=O) groups is 4. The van der Waals surface area contributed by atoms with E-state index in [9.17, 15) is 19.2 Å². The van der Waals surface area contributed by atoms with E-state index in [0.29, 0.717) is 12.3 Å². The quantitative estimate of drug-likeness (QED) is 0.478.